The molecule has 0 bridgehead atoms. The molecule has 106 valence electrons. The Balaban J connectivity index is 1.88. The minimum Gasteiger partial charge on any atom is -0.317 e. The van der Waals surface area contributed by atoms with E-state index in [0.717, 1.165) is 25.9 Å². The number of rotatable bonds is 5. The van der Waals surface area contributed by atoms with Crippen LogP contribution in [0.25, 0.3) is 0 Å². The van der Waals surface area contributed by atoms with Crippen LogP contribution in [0.1, 0.15) is 18.4 Å². The molecule has 0 aromatic heterocycles. The van der Waals surface area contributed by atoms with E-state index in [1.807, 2.05) is 0 Å². The van der Waals surface area contributed by atoms with Gasteiger partial charge in [0, 0.05) is 12.1 Å². The third-order valence-electron chi connectivity index (χ3n) is 3.35. The molecular formula is C13H19FN2O2S. The highest BCUT2D eigenvalue weighted by Crippen LogP contribution is 2.14. The van der Waals surface area contributed by atoms with Crippen LogP contribution < -0.4 is 10.0 Å². The molecule has 1 aliphatic heterocycles. The fourth-order valence-electron chi connectivity index (χ4n) is 2.25. The zero-order valence-electron chi connectivity index (χ0n) is 10.7. The van der Waals surface area contributed by atoms with Gasteiger partial charge in [-0.15, -0.1) is 0 Å². The molecular weight excluding hydrogens is 267 g/mol. The second-order valence-corrected chi connectivity index (χ2v) is 6.74. The summed E-state index contributed by atoms with van der Waals surface area (Å²) in [5, 5.41) is 3.20. The summed E-state index contributed by atoms with van der Waals surface area (Å²) >= 11 is 0. The molecule has 1 aliphatic rings. The van der Waals surface area contributed by atoms with Crippen LogP contribution in [0.3, 0.4) is 0 Å². The first-order valence-corrected chi connectivity index (χ1v) is 8.13. The Kier molecular flexibility index (Phi) is 4.90. The molecule has 0 radical (unpaired) electrons. The maximum absolute atomic E-state index is 13.4. The molecule has 0 unspecified atom stereocenters. The minimum atomic E-state index is -3.34. The molecule has 2 N–H and O–H groups in total. The van der Waals surface area contributed by atoms with Crippen LogP contribution in [0.5, 0.6) is 0 Å². The van der Waals surface area contributed by atoms with Crippen LogP contribution in [0, 0.1) is 11.7 Å². The summed E-state index contributed by atoms with van der Waals surface area (Å²) in [6.07, 6.45) is 1.75. The largest absolute Gasteiger partial charge is 0.317 e. The molecule has 1 fully saturated rings. The van der Waals surface area contributed by atoms with Gasteiger partial charge in [-0.25, -0.2) is 17.5 Å². The molecule has 0 spiro atoms. The monoisotopic (exact) mass is 286 g/mol. The lowest BCUT2D eigenvalue weighted by Crippen LogP contribution is -2.35. The predicted molar refractivity (Wildman–Crippen MR) is 72.6 cm³/mol. The van der Waals surface area contributed by atoms with Crippen LogP contribution in [0.2, 0.25) is 0 Å². The van der Waals surface area contributed by atoms with Crippen molar-refractivity contribution in [2.45, 2.75) is 19.4 Å². The smallest absolute Gasteiger partial charge is 0.212 e. The summed E-state index contributed by atoms with van der Waals surface area (Å²) in [4.78, 5) is 0. The van der Waals surface area contributed by atoms with Crippen molar-refractivity contribution in [2.75, 3.05) is 18.8 Å². The van der Waals surface area contributed by atoms with Crippen LogP contribution >= 0.6 is 0 Å². The van der Waals surface area contributed by atoms with Gasteiger partial charge in [-0.2, -0.15) is 0 Å². The number of benzene rings is 1. The van der Waals surface area contributed by atoms with Crippen molar-refractivity contribution in [3.8, 4) is 0 Å². The zero-order chi connectivity index (χ0) is 13.7. The number of hydrogen-bond acceptors (Lipinski definition) is 3. The highest BCUT2D eigenvalue weighted by Gasteiger charge is 2.21. The zero-order valence-corrected chi connectivity index (χ0v) is 11.5. The molecule has 1 heterocycles. The number of piperidine rings is 1. The van der Waals surface area contributed by atoms with Gasteiger partial charge in [0.05, 0.1) is 5.75 Å². The SMILES string of the molecule is O=S(=O)(CC1CCNCC1)NCc1ccccc1F. The second kappa shape index (κ2) is 6.45. The van der Waals surface area contributed by atoms with Gasteiger partial charge in [-0.05, 0) is 37.9 Å². The number of nitrogens with one attached hydrogen (secondary N) is 2. The summed E-state index contributed by atoms with van der Waals surface area (Å²) in [5.74, 6) is -0.0604. The Bertz CT molecular complexity index is 513. The van der Waals surface area contributed by atoms with Crippen molar-refractivity contribution < 1.29 is 12.8 Å². The van der Waals surface area contributed by atoms with E-state index in [1.165, 1.54) is 6.07 Å². The normalized spacial score (nSPS) is 17.5. The third-order valence-corrected chi connectivity index (χ3v) is 4.85. The van der Waals surface area contributed by atoms with E-state index in [1.54, 1.807) is 18.2 Å². The third kappa shape index (κ3) is 4.56. The maximum atomic E-state index is 13.4. The van der Waals surface area contributed by atoms with Crippen LogP contribution in [0.15, 0.2) is 24.3 Å². The molecule has 4 nitrogen and oxygen atoms in total. The van der Waals surface area contributed by atoms with Crippen molar-refractivity contribution in [1.82, 2.24) is 10.0 Å². The average molecular weight is 286 g/mol. The molecule has 1 aromatic carbocycles. The summed E-state index contributed by atoms with van der Waals surface area (Å²) in [7, 11) is -3.34. The van der Waals surface area contributed by atoms with E-state index in [-0.39, 0.29) is 24.0 Å². The van der Waals surface area contributed by atoms with Gasteiger partial charge in [0.15, 0.2) is 0 Å². The lowest BCUT2D eigenvalue weighted by molar-refractivity contribution is 0.400. The second-order valence-electron chi connectivity index (χ2n) is 4.89. The van der Waals surface area contributed by atoms with E-state index >= 15 is 0 Å². The van der Waals surface area contributed by atoms with E-state index in [9.17, 15) is 12.8 Å². The summed E-state index contributed by atoms with van der Waals surface area (Å²) in [5.41, 5.74) is 0.372. The van der Waals surface area contributed by atoms with Gasteiger partial charge in [0.1, 0.15) is 5.82 Å². The Labute approximate surface area is 113 Å². The van der Waals surface area contributed by atoms with E-state index in [2.05, 4.69) is 10.0 Å². The molecule has 1 aromatic rings. The first kappa shape index (κ1) is 14.4. The minimum absolute atomic E-state index is 0.0139. The van der Waals surface area contributed by atoms with Crippen molar-refractivity contribution in [1.29, 1.82) is 0 Å². The Hall–Kier alpha value is -0.980. The highest BCUT2D eigenvalue weighted by atomic mass is 32.2. The van der Waals surface area contributed by atoms with Crippen molar-refractivity contribution in [3.63, 3.8) is 0 Å². The molecule has 0 aliphatic carbocycles. The molecule has 2 rings (SSSR count). The number of hydrogen-bond donors (Lipinski definition) is 2. The molecule has 0 amide bonds. The average Bonchev–Trinajstić information content (AvgIpc) is 2.38. The van der Waals surface area contributed by atoms with Crippen LogP contribution in [0.4, 0.5) is 4.39 Å². The van der Waals surface area contributed by atoms with Crippen LogP contribution in [-0.2, 0) is 16.6 Å². The molecule has 1 saturated heterocycles. The van der Waals surface area contributed by atoms with Gasteiger partial charge in [0.2, 0.25) is 10.0 Å². The maximum Gasteiger partial charge on any atom is 0.212 e. The Morgan fingerprint density at radius 3 is 2.63 bits per heavy atom. The molecule has 6 heteroatoms. The first-order chi connectivity index (χ1) is 9.07. The Morgan fingerprint density at radius 1 is 1.26 bits per heavy atom. The van der Waals surface area contributed by atoms with Crippen molar-refractivity contribution in [3.05, 3.63) is 35.6 Å². The fourth-order valence-corrected chi connectivity index (χ4v) is 3.69. The van der Waals surface area contributed by atoms with Gasteiger partial charge in [0.25, 0.3) is 0 Å². The number of halogens is 1. The van der Waals surface area contributed by atoms with E-state index in [4.69, 9.17) is 0 Å². The van der Waals surface area contributed by atoms with Gasteiger partial charge in [-0.3, -0.25) is 0 Å². The van der Waals surface area contributed by atoms with Gasteiger partial charge >= 0.3 is 0 Å². The quantitative estimate of drug-likeness (QED) is 0.856. The fraction of sp³-hybridized carbons (Fsp3) is 0.538. The predicted octanol–water partition coefficient (Wildman–Crippen LogP) is 1.24. The van der Waals surface area contributed by atoms with Gasteiger partial charge in [-0.1, -0.05) is 18.2 Å². The van der Waals surface area contributed by atoms with E-state index < -0.39 is 10.0 Å². The molecule has 0 saturated carbocycles. The molecule has 0 atom stereocenters. The van der Waals surface area contributed by atoms with Crippen molar-refractivity contribution in [2.24, 2.45) is 5.92 Å². The first-order valence-electron chi connectivity index (χ1n) is 6.48. The molecule has 19 heavy (non-hydrogen) atoms. The summed E-state index contributed by atoms with van der Waals surface area (Å²) < 4.78 is 39.7. The highest BCUT2D eigenvalue weighted by molar-refractivity contribution is 7.89. The van der Waals surface area contributed by atoms with Gasteiger partial charge < -0.3 is 5.32 Å². The standard InChI is InChI=1S/C13H19FN2O2S/c14-13-4-2-1-3-12(13)9-16-19(17,18)10-11-5-7-15-8-6-11/h1-4,11,15-16H,5-10H2. The summed E-state index contributed by atoms with van der Waals surface area (Å²) in [6.45, 7) is 1.75. The summed E-state index contributed by atoms with van der Waals surface area (Å²) in [6, 6.07) is 6.20. The van der Waals surface area contributed by atoms with Crippen LogP contribution in [-0.4, -0.2) is 27.3 Å². The number of sulfonamides is 1. The van der Waals surface area contributed by atoms with E-state index in [0.29, 0.717) is 5.56 Å². The van der Waals surface area contributed by atoms with Crippen molar-refractivity contribution >= 4 is 10.0 Å². The lowest BCUT2D eigenvalue weighted by atomic mass is 10.0. The Morgan fingerprint density at radius 2 is 1.95 bits per heavy atom. The topological polar surface area (TPSA) is 58.2 Å². The lowest BCUT2D eigenvalue weighted by Gasteiger charge is -2.22.